The maximum atomic E-state index is 13.7. The Hall–Kier alpha value is -1.34. The molecular weight excluding hydrogens is 271 g/mol. The molecule has 94 valence electrons. The largest absolute Gasteiger partial charge is 0.397 e. The number of hydrogen-bond acceptors (Lipinski definition) is 6. The third kappa shape index (κ3) is 2.41. The van der Waals surface area contributed by atoms with E-state index in [1.54, 1.807) is 5.51 Å². The molecule has 0 aliphatic heterocycles. The van der Waals surface area contributed by atoms with Gasteiger partial charge in [0.15, 0.2) is 10.8 Å². The molecule has 0 unspecified atom stereocenters. The maximum absolute atomic E-state index is 13.7. The predicted molar refractivity (Wildman–Crippen MR) is 72.2 cm³/mol. The van der Waals surface area contributed by atoms with Gasteiger partial charge in [0.25, 0.3) is 0 Å². The number of halogens is 1. The van der Waals surface area contributed by atoms with E-state index >= 15 is 0 Å². The van der Waals surface area contributed by atoms with Gasteiger partial charge in [-0.3, -0.25) is 0 Å². The number of nitrogen functional groups attached to an aromatic ring is 1. The lowest BCUT2D eigenvalue weighted by atomic mass is 10.2. The van der Waals surface area contributed by atoms with E-state index < -0.39 is 5.82 Å². The first kappa shape index (κ1) is 11.7. The van der Waals surface area contributed by atoms with Gasteiger partial charge < -0.3 is 10.5 Å². The van der Waals surface area contributed by atoms with Crippen LogP contribution >= 0.6 is 23.3 Å². The van der Waals surface area contributed by atoms with Crippen molar-refractivity contribution in [3.05, 3.63) is 28.5 Å². The second-order valence-corrected chi connectivity index (χ2v) is 5.62. The molecule has 0 spiro atoms. The van der Waals surface area contributed by atoms with Crippen LogP contribution in [0.5, 0.6) is 0 Å². The van der Waals surface area contributed by atoms with E-state index in [-0.39, 0.29) is 0 Å². The van der Waals surface area contributed by atoms with E-state index in [1.165, 1.54) is 17.4 Å². The maximum Gasteiger partial charge on any atom is 0.159 e. The minimum absolute atomic E-state index is 0.319. The Morgan fingerprint density at radius 3 is 3.00 bits per heavy atom. The molecule has 3 N–H and O–H groups in total. The summed E-state index contributed by atoms with van der Waals surface area (Å²) in [6.07, 6.45) is 2.18. The van der Waals surface area contributed by atoms with Gasteiger partial charge in [-0.15, -0.1) is 11.3 Å². The van der Waals surface area contributed by atoms with Crippen molar-refractivity contribution in [3.8, 4) is 0 Å². The van der Waals surface area contributed by atoms with Gasteiger partial charge in [-0.05, 0) is 12.8 Å². The standard InChI is InChI=1S/C11H11FN4S2/c12-7-3-8(13)10(6-1-2-6)15-11(7)18-16-9-4-17-5-14-9/h3-6,16H,1-2,13H2. The summed E-state index contributed by atoms with van der Waals surface area (Å²) in [5.74, 6) is 0.713. The first-order valence-corrected chi connectivity index (χ1v) is 7.27. The zero-order valence-electron chi connectivity index (χ0n) is 9.39. The van der Waals surface area contributed by atoms with Gasteiger partial charge in [0.05, 0.1) is 16.9 Å². The number of nitrogens with one attached hydrogen (secondary N) is 1. The lowest BCUT2D eigenvalue weighted by Gasteiger charge is -2.08. The first-order valence-electron chi connectivity index (χ1n) is 5.51. The number of aromatic nitrogens is 2. The Labute approximate surface area is 112 Å². The Balaban J connectivity index is 1.80. The molecule has 3 rings (SSSR count). The van der Waals surface area contributed by atoms with Gasteiger partial charge in [0.2, 0.25) is 0 Å². The molecule has 0 amide bonds. The zero-order valence-corrected chi connectivity index (χ0v) is 11.0. The molecular formula is C11H11FN4S2. The SMILES string of the molecule is Nc1cc(F)c(SNc2cscn2)nc1C1CC1. The average Bonchev–Trinajstić information content (AvgIpc) is 3.04. The fourth-order valence-corrected chi connectivity index (χ4v) is 2.79. The molecule has 0 saturated heterocycles. The highest BCUT2D eigenvalue weighted by molar-refractivity contribution is 8.00. The molecule has 18 heavy (non-hydrogen) atoms. The first-order chi connectivity index (χ1) is 8.74. The summed E-state index contributed by atoms with van der Waals surface area (Å²) >= 11 is 2.60. The van der Waals surface area contributed by atoms with Crippen molar-refractivity contribution in [2.24, 2.45) is 0 Å². The van der Waals surface area contributed by atoms with Crippen molar-refractivity contribution < 1.29 is 4.39 Å². The second-order valence-electron chi connectivity index (χ2n) is 4.10. The number of rotatable bonds is 4. The lowest BCUT2D eigenvalue weighted by Crippen LogP contribution is -2.01. The van der Waals surface area contributed by atoms with Crippen LogP contribution in [0.25, 0.3) is 0 Å². The Kier molecular flexibility index (Phi) is 3.09. The number of pyridine rings is 1. The summed E-state index contributed by atoms with van der Waals surface area (Å²) in [5.41, 5.74) is 8.76. The van der Waals surface area contributed by atoms with Crippen LogP contribution in [-0.4, -0.2) is 9.97 Å². The molecule has 1 saturated carbocycles. The minimum Gasteiger partial charge on any atom is -0.397 e. The summed E-state index contributed by atoms with van der Waals surface area (Å²) in [6.45, 7) is 0. The van der Waals surface area contributed by atoms with Gasteiger partial charge >= 0.3 is 0 Å². The lowest BCUT2D eigenvalue weighted by molar-refractivity contribution is 0.586. The molecule has 1 fully saturated rings. The van der Waals surface area contributed by atoms with Crippen LogP contribution in [0.4, 0.5) is 15.9 Å². The average molecular weight is 282 g/mol. The fourth-order valence-electron chi connectivity index (χ4n) is 1.62. The molecule has 4 nitrogen and oxygen atoms in total. The van der Waals surface area contributed by atoms with Crippen LogP contribution in [0.15, 0.2) is 22.0 Å². The fraction of sp³-hybridized carbons (Fsp3) is 0.273. The molecule has 7 heteroatoms. The van der Waals surface area contributed by atoms with Gasteiger partial charge in [-0.25, -0.2) is 14.4 Å². The molecule has 0 bridgehead atoms. The highest BCUT2D eigenvalue weighted by atomic mass is 32.2. The summed E-state index contributed by atoms with van der Waals surface area (Å²) < 4.78 is 16.7. The topological polar surface area (TPSA) is 63.8 Å². The number of anilines is 2. The number of nitrogens with zero attached hydrogens (tertiary/aromatic N) is 2. The van der Waals surface area contributed by atoms with Crippen molar-refractivity contribution in [1.82, 2.24) is 9.97 Å². The monoisotopic (exact) mass is 282 g/mol. The zero-order chi connectivity index (χ0) is 12.5. The minimum atomic E-state index is -0.398. The second kappa shape index (κ2) is 4.74. The number of hydrogen-bond donors (Lipinski definition) is 2. The van der Waals surface area contributed by atoms with E-state index in [9.17, 15) is 4.39 Å². The van der Waals surface area contributed by atoms with Gasteiger partial charge in [-0.2, -0.15) is 0 Å². The van der Waals surface area contributed by atoms with Crippen molar-refractivity contribution in [2.75, 3.05) is 10.5 Å². The highest BCUT2D eigenvalue weighted by Gasteiger charge is 2.28. The van der Waals surface area contributed by atoms with E-state index in [2.05, 4.69) is 14.7 Å². The van der Waals surface area contributed by atoms with Crippen molar-refractivity contribution in [3.63, 3.8) is 0 Å². The number of thiazole rings is 1. The number of nitrogens with two attached hydrogens (primary N) is 1. The van der Waals surface area contributed by atoms with E-state index in [1.807, 2.05) is 5.38 Å². The quantitative estimate of drug-likeness (QED) is 0.843. The summed E-state index contributed by atoms with van der Waals surface area (Å²) in [5, 5.41) is 2.17. The molecule has 2 heterocycles. The van der Waals surface area contributed by atoms with Gasteiger partial charge in [0, 0.05) is 29.3 Å². The molecule has 1 aliphatic rings. The van der Waals surface area contributed by atoms with Gasteiger partial charge in [-0.1, -0.05) is 0 Å². The van der Waals surface area contributed by atoms with E-state index in [0.29, 0.717) is 22.4 Å². The van der Waals surface area contributed by atoms with Crippen LogP contribution in [0, 0.1) is 5.82 Å². The molecule has 1 aliphatic carbocycles. The van der Waals surface area contributed by atoms with Crippen molar-refractivity contribution in [1.29, 1.82) is 0 Å². The molecule has 2 aromatic rings. The predicted octanol–water partition coefficient (Wildman–Crippen LogP) is 3.26. The summed E-state index contributed by atoms with van der Waals surface area (Å²) in [7, 11) is 0. The van der Waals surface area contributed by atoms with Crippen LogP contribution in [-0.2, 0) is 0 Å². The summed E-state index contributed by atoms with van der Waals surface area (Å²) in [6, 6.07) is 1.35. The molecule has 0 atom stereocenters. The van der Waals surface area contributed by atoms with Crippen LogP contribution in [0.2, 0.25) is 0 Å². The van der Waals surface area contributed by atoms with Crippen molar-refractivity contribution >= 4 is 34.8 Å². The van der Waals surface area contributed by atoms with E-state index in [4.69, 9.17) is 5.73 Å². The Morgan fingerprint density at radius 1 is 1.50 bits per heavy atom. The third-order valence-electron chi connectivity index (χ3n) is 2.65. The normalized spacial score (nSPS) is 14.7. The third-order valence-corrected chi connectivity index (χ3v) is 4.03. The highest BCUT2D eigenvalue weighted by Crippen LogP contribution is 2.42. The Bertz CT molecular complexity index is 554. The van der Waals surface area contributed by atoms with E-state index in [0.717, 1.165) is 30.5 Å². The molecule has 0 aromatic carbocycles. The van der Waals surface area contributed by atoms with Crippen LogP contribution < -0.4 is 10.5 Å². The van der Waals surface area contributed by atoms with Crippen LogP contribution in [0.1, 0.15) is 24.5 Å². The Morgan fingerprint density at radius 2 is 2.33 bits per heavy atom. The smallest absolute Gasteiger partial charge is 0.159 e. The molecule has 2 aromatic heterocycles. The van der Waals surface area contributed by atoms with Crippen molar-refractivity contribution in [2.45, 2.75) is 23.8 Å². The molecule has 0 radical (unpaired) electrons. The van der Waals surface area contributed by atoms with Crippen LogP contribution in [0.3, 0.4) is 0 Å². The van der Waals surface area contributed by atoms with Gasteiger partial charge in [0.1, 0.15) is 5.82 Å². The summed E-state index contributed by atoms with van der Waals surface area (Å²) in [4.78, 5) is 8.37.